The fourth-order valence-electron chi connectivity index (χ4n) is 5.51. The Balaban J connectivity index is 1.59. The van der Waals surface area contributed by atoms with Crippen molar-refractivity contribution in [3.63, 3.8) is 0 Å². The van der Waals surface area contributed by atoms with Gasteiger partial charge in [0.15, 0.2) is 11.5 Å². The van der Waals surface area contributed by atoms with Gasteiger partial charge in [-0.05, 0) is 43.6 Å². The highest BCUT2D eigenvalue weighted by molar-refractivity contribution is 6.28. The van der Waals surface area contributed by atoms with Crippen molar-refractivity contribution in [3.8, 4) is 11.3 Å². The fraction of sp³-hybridized carbons (Fsp3) is 0.462. The first-order chi connectivity index (χ1) is 15.1. The number of benzene rings is 2. The summed E-state index contributed by atoms with van der Waals surface area (Å²) in [6.45, 7) is 8.69. The van der Waals surface area contributed by atoms with Gasteiger partial charge in [-0.1, -0.05) is 43.3 Å². The molecule has 3 heterocycles. The Morgan fingerprint density at radius 2 is 1.45 bits per heavy atom. The van der Waals surface area contributed by atoms with Crippen LogP contribution in [0.1, 0.15) is 55.5 Å². The van der Waals surface area contributed by atoms with Crippen LogP contribution in [0, 0.1) is 11.8 Å². The van der Waals surface area contributed by atoms with Crippen LogP contribution in [0.3, 0.4) is 0 Å². The highest BCUT2D eigenvalue weighted by Gasteiger charge is 2.35. The van der Waals surface area contributed by atoms with Crippen LogP contribution in [0.15, 0.2) is 34.9 Å². The van der Waals surface area contributed by atoms with Gasteiger partial charge in [-0.2, -0.15) is 0 Å². The minimum Gasteiger partial charge on any atom is -0.371 e. The molecule has 0 amide bonds. The van der Waals surface area contributed by atoms with Crippen molar-refractivity contribution < 1.29 is 9.32 Å². The summed E-state index contributed by atoms with van der Waals surface area (Å²) in [4.78, 5) is 18.6. The molecule has 0 unspecified atom stereocenters. The van der Waals surface area contributed by atoms with E-state index < -0.39 is 0 Å². The number of rotatable bonds is 2. The smallest absolute Gasteiger partial charge is 0.196 e. The predicted octanol–water partition coefficient (Wildman–Crippen LogP) is 5.51. The molecular weight excluding hydrogens is 386 g/mol. The highest BCUT2D eigenvalue weighted by Crippen LogP contribution is 2.47. The third kappa shape index (κ3) is 2.89. The number of hydrogen-bond acceptors (Lipinski definition) is 5. The lowest BCUT2D eigenvalue weighted by Crippen LogP contribution is -2.36. The van der Waals surface area contributed by atoms with E-state index in [0.717, 1.165) is 95.6 Å². The van der Waals surface area contributed by atoms with E-state index in [0.29, 0.717) is 0 Å². The minimum atomic E-state index is 0.101. The fourth-order valence-corrected chi connectivity index (χ4v) is 5.51. The Bertz CT molecular complexity index is 1160. The molecule has 1 aromatic heterocycles. The van der Waals surface area contributed by atoms with Gasteiger partial charge in [0.2, 0.25) is 0 Å². The number of carbonyl (C=O) groups excluding carboxylic acids is 1. The molecule has 2 saturated heterocycles. The largest absolute Gasteiger partial charge is 0.371 e. The molecule has 5 heteroatoms. The minimum absolute atomic E-state index is 0.101. The van der Waals surface area contributed by atoms with Gasteiger partial charge >= 0.3 is 0 Å². The van der Waals surface area contributed by atoms with E-state index in [2.05, 4.69) is 34.9 Å². The van der Waals surface area contributed by atoms with E-state index in [1.54, 1.807) is 0 Å². The highest BCUT2D eigenvalue weighted by atomic mass is 16.5. The number of aromatic nitrogens is 1. The third-order valence-electron chi connectivity index (χ3n) is 7.61. The van der Waals surface area contributed by atoms with Crippen LogP contribution in [0.5, 0.6) is 0 Å². The molecule has 3 aromatic rings. The van der Waals surface area contributed by atoms with Crippen molar-refractivity contribution in [2.45, 2.75) is 39.5 Å². The lowest BCUT2D eigenvalue weighted by molar-refractivity contribution is 0.104. The Kier molecular flexibility index (Phi) is 4.34. The van der Waals surface area contributed by atoms with Crippen molar-refractivity contribution >= 4 is 28.1 Å². The maximum absolute atomic E-state index is 13.7. The number of hydrogen-bond donors (Lipinski definition) is 0. The zero-order valence-corrected chi connectivity index (χ0v) is 18.4. The molecule has 3 aliphatic rings. The zero-order chi connectivity index (χ0) is 21.1. The maximum atomic E-state index is 13.7. The molecule has 0 bridgehead atoms. The van der Waals surface area contributed by atoms with Gasteiger partial charge in [0.25, 0.3) is 0 Å². The van der Waals surface area contributed by atoms with Crippen LogP contribution in [-0.2, 0) is 0 Å². The summed E-state index contributed by atoms with van der Waals surface area (Å²) in [5, 5.41) is 5.44. The number of carbonyl (C=O) groups is 1. The summed E-state index contributed by atoms with van der Waals surface area (Å²) in [7, 11) is 0. The topological polar surface area (TPSA) is 49.6 Å². The molecule has 0 atom stereocenters. The van der Waals surface area contributed by atoms with Gasteiger partial charge in [-0.3, -0.25) is 4.79 Å². The molecule has 5 nitrogen and oxygen atoms in total. The van der Waals surface area contributed by atoms with E-state index in [1.165, 1.54) is 12.8 Å². The molecule has 0 spiro atoms. The molecule has 2 aromatic carbocycles. The first-order valence-electron chi connectivity index (χ1n) is 11.7. The van der Waals surface area contributed by atoms with Crippen LogP contribution >= 0.6 is 0 Å². The summed E-state index contributed by atoms with van der Waals surface area (Å²) in [5.74, 6) is 2.35. The van der Waals surface area contributed by atoms with Crippen LogP contribution in [0.4, 0.5) is 11.4 Å². The van der Waals surface area contributed by atoms with E-state index in [4.69, 9.17) is 4.52 Å². The third-order valence-corrected chi connectivity index (χ3v) is 7.61. The summed E-state index contributed by atoms with van der Waals surface area (Å²) in [6.07, 6.45) is 4.70. The zero-order valence-electron chi connectivity index (χ0n) is 18.4. The molecule has 1 aliphatic carbocycles. The Morgan fingerprint density at radius 3 is 2.10 bits per heavy atom. The summed E-state index contributed by atoms with van der Waals surface area (Å²) in [5.41, 5.74) is 5.41. The Morgan fingerprint density at radius 1 is 0.871 bits per heavy atom. The number of nitrogens with zero attached hydrogens (tertiary/aromatic N) is 3. The molecular formula is C26H29N3O2. The molecule has 2 aliphatic heterocycles. The SMILES string of the molecule is CC1CCN(c2cc(N3CCC(C)CC3)c3noc4c3c2C(=O)c2ccccc2-4)CC1. The molecule has 160 valence electrons. The first-order valence-corrected chi connectivity index (χ1v) is 11.7. The number of fused-ring (bicyclic) bond motifs is 2. The van der Waals surface area contributed by atoms with Gasteiger partial charge in [0, 0.05) is 37.3 Å². The van der Waals surface area contributed by atoms with Crippen LogP contribution in [0.2, 0.25) is 0 Å². The normalized spacial score (nSPS) is 19.9. The Labute approximate surface area is 183 Å². The van der Waals surface area contributed by atoms with Gasteiger partial charge in [-0.25, -0.2) is 0 Å². The predicted molar refractivity (Wildman–Crippen MR) is 124 cm³/mol. The van der Waals surface area contributed by atoms with E-state index in [1.807, 2.05) is 24.3 Å². The van der Waals surface area contributed by atoms with E-state index >= 15 is 0 Å². The molecule has 2 fully saturated rings. The molecule has 0 radical (unpaired) electrons. The van der Waals surface area contributed by atoms with Crippen molar-refractivity contribution in [2.75, 3.05) is 36.0 Å². The lowest BCUT2D eigenvalue weighted by Gasteiger charge is -2.36. The monoisotopic (exact) mass is 415 g/mol. The molecule has 0 saturated carbocycles. The molecule has 31 heavy (non-hydrogen) atoms. The van der Waals surface area contributed by atoms with Gasteiger partial charge in [0.05, 0.1) is 22.3 Å². The summed E-state index contributed by atoms with van der Waals surface area (Å²) in [6, 6.07) is 10.0. The number of piperidine rings is 2. The second-order valence-electron chi connectivity index (χ2n) is 9.74. The average molecular weight is 416 g/mol. The van der Waals surface area contributed by atoms with Gasteiger partial charge in [0.1, 0.15) is 5.52 Å². The van der Waals surface area contributed by atoms with Gasteiger partial charge in [-0.15, -0.1) is 0 Å². The average Bonchev–Trinajstić information content (AvgIpc) is 3.24. The van der Waals surface area contributed by atoms with Crippen molar-refractivity contribution in [1.82, 2.24) is 5.16 Å². The molecule has 6 rings (SSSR count). The number of ketones is 1. The second-order valence-corrected chi connectivity index (χ2v) is 9.74. The van der Waals surface area contributed by atoms with Crippen molar-refractivity contribution in [2.24, 2.45) is 11.8 Å². The van der Waals surface area contributed by atoms with Crippen LogP contribution in [0.25, 0.3) is 22.2 Å². The first kappa shape index (κ1) is 18.9. The standard InChI is InChI=1S/C26H29N3O2/c1-16-7-11-28(12-8-16)20-15-21(29-13-9-17(2)10-14-29)24-23-22(20)25(30)18-5-3-4-6-19(18)26(23)31-27-24/h3-6,15-17H,7-14H2,1-2H3. The van der Waals surface area contributed by atoms with Crippen LogP contribution < -0.4 is 9.80 Å². The Hall–Kier alpha value is -2.82. The van der Waals surface area contributed by atoms with Crippen LogP contribution in [-0.4, -0.2) is 37.1 Å². The quantitative estimate of drug-likeness (QED) is 0.432. The lowest BCUT2D eigenvalue weighted by atomic mass is 9.85. The maximum Gasteiger partial charge on any atom is 0.196 e. The second kappa shape index (κ2) is 7.11. The van der Waals surface area contributed by atoms with Gasteiger partial charge < -0.3 is 14.3 Å². The van der Waals surface area contributed by atoms with Crippen molar-refractivity contribution in [3.05, 3.63) is 41.5 Å². The van der Waals surface area contributed by atoms with E-state index in [9.17, 15) is 4.79 Å². The number of anilines is 2. The molecule has 0 N–H and O–H groups in total. The van der Waals surface area contributed by atoms with E-state index in [-0.39, 0.29) is 5.78 Å². The van der Waals surface area contributed by atoms with Crippen molar-refractivity contribution in [1.29, 1.82) is 0 Å². The summed E-state index contributed by atoms with van der Waals surface area (Å²) < 4.78 is 5.94. The summed E-state index contributed by atoms with van der Waals surface area (Å²) >= 11 is 0.